The van der Waals surface area contributed by atoms with Gasteiger partial charge in [-0.3, -0.25) is 0 Å². The van der Waals surface area contributed by atoms with Crippen LogP contribution in [0, 0.1) is 5.41 Å². The monoisotopic (exact) mass is 168 g/mol. The van der Waals surface area contributed by atoms with Crippen molar-refractivity contribution >= 4 is 0 Å². The van der Waals surface area contributed by atoms with Gasteiger partial charge < -0.3 is 4.74 Å². The summed E-state index contributed by atoms with van der Waals surface area (Å²) in [4.78, 5) is 0. The molecule has 1 heteroatoms. The molecule has 0 bridgehead atoms. The zero-order valence-corrected chi connectivity index (χ0v) is 8.63. The molecular weight excluding hydrogens is 148 g/mol. The summed E-state index contributed by atoms with van der Waals surface area (Å²) in [5.41, 5.74) is 0.240. The van der Waals surface area contributed by atoms with E-state index in [9.17, 15) is 0 Å². The largest absolute Gasteiger partial charge is 0.370 e. The minimum absolute atomic E-state index is 0.240. The van der Waals surface area contributed by atoms with Crippen LogP contribution in [0.15, 0.2) is 12.2 Å². The van der Waals surface area contributed by atoms with E-state index in [4.69, 9.17) is 4.74 Å². The first-order valence-corrected chi connectivity index (χ1v) is 4.86. The molecule has 1 aliphatic heterocycles. The fraction of sp³-hybridized carbons (Fsp3) is 0.818. The molecule has 1 rings (SSSR count). The predicted octanol–water partition coefficient (Wildman–Crippen LogP) is 3.16. The van der Waals surface area contributed by atoms with Crippen molar-refractivity contribution in [3.8, 4) is 0 Å². The maximum atomic E-state index is 5.91. The molecule has 12 heavy (non-hydrogen) atoms. The molecule has 1 heterocycles. The van der Waals surface area contributed by atoms with E-state index in [0.717, 1.165) is 12.8 Å². The summed E-state index contributed by atoms with van der Waals surface area (Å²) in [6.45, 7) is 8.85. The first-order chi connectivity index (χ1) is 5.54. The molecule has 0 spiro atoms. The summed E-state index contributed by atoms with van der Waals surface area (Å²) in [7, 11) is 0. The normalized spacial score (nSPS) is 30.7. The van der Waals surface area contributed by atoms with Crippen LogP contribution in [0.25, 0.3) is 0 Å². The van der Waals surface area contributed by atoms with E-state index < -0.39 is 0 Å². The van der Waals surface area contributed by atoms with Crippen molar-refractivity contribution in [2.45, 2.75) is 52.7 Å². The molecule has 0 aromatic carbocycles. The molecule has 0 N–H and O–H groups in total. The van der Waals surface area contributed by atoms with Gasteiger partial charge in [0.2, 0.25) is 0 Å². The van der Waals surface area contributed by atoms with E-state index in [2.05, 4.69) is 39.8 Å². The fourth-order valence-electron chi connectivity index (χ4n) is 1.42. The second kappa shape index (κ2) is 3.61. The molecule has 0 aliphatic carbocycles. The fourth-order valence-corrected chi connectivity index (χ4v) is 1.42. The molecule has 0 fully saturated rings. The van der Waals surface area contributed by atoms with Gasteiger partial charge >= 0.3 is 0 Å². The minimum Gasteiger partial charge on any atom is -0.370 e. The van der Waals surface area contributed by atoms with E-state index >= 15 is 0 Å². The maximum Gasteiger partial charge on any atom is 0.0807 e. The molecule has 0 radical (unpaired) electrons. The van der Waals surface area contributed by atoms with Gasteiger partial charge in [0, 0.05) is 0 Å². The lowest BCUT2D eigenvalue weighted by molar-refractivity contribution is -0.0465. The lowest BCUT2D eigenvalue weighted by atomic mass is 9.87. The number of ether oxygens (including phenoxy) is 1. The highest BCUT2D eigenvalue weighted by atomic mass is 16.5. The van der Waals surface area contributed by atoms with Gasteiger partial charge in [-0.15, -0.1) is 0 Å². The van der Waals surface area contributed by atoms with Gasteiger partial charge in [-0.1, -0.05) is 39.8 Å². The molecule has 0 unspecified atom stereocenters. The molecule has 2 atom stereocenters. The van der Waals surface area contributed by atoms with E-state index in [0.29, 0.717) is 12.2 Å². The minimum atomic E-state index is 0.240. The molecule has 0 amide bonds. The van der Waals surface area contributed by atoms with Gasteiger partial charge in [-0.25, -0.2) is 0 Å². The Morgan fingerprint density at radius 1 is 1.42 bits per heavy atom. The van der Waals surface area contributed by atoms with Crippen LogP contribution < -0.4 is 0 Å². The first kappa shape index (κ1) is 9.79. The summed E-state index contributed by atoms with van der Waals surface area (Å²) >= 11 is 0. The highest BCUT2D eigenvalue weighted by Gasteiger charge is 2.27. The number of rotatable bonds is 1. The molecule has 0 saturated carbocycles. The van der Waals surface area contributed by atoms with Crippen molar-refractivity contribution in [1.29, 1.82) is 0 Å². The average molecular weight is 168 g/mol. The van der Waals surface area contributed by atoms with E-state index in [1.807, 2.05) is 0 Å². The van der Waals surface area contributed by atoms with Gasteiger partial charge in [0.25, 0.3) is 0 Å². The molecule has 0 aromatic heterocycles. The third-order valence-corrected chi connectivity index (χ3v) is 2.36. The molecular formula is C11H20O. The van der Waals surface area contributed by atoms with Crippen LogP contribution in [0.4, 0.5) is 0 Å². The van der Waals surface area contributed by atoms with Crippen molar-refractivity contribution in [3.63, 3.8) is 0 Å². The second-order valence-electron chi connectivity index (χ2n) is 4.62. The molecule has 70 valence electrons. The quantitative estimate of drug-likeness (QED) is 0.546. The van der Waals surface area contributed by atoms with Crippen molar-refractivity contribution < 1.29 is 4.74 Å². The second-order valence-corrected chi connectivity index (χ2v) is 4.62. The Labute approximate surface area is 75.8 Å². The number of hydrogen-bond acceptors (Lipinski definition) is 1. The Hall–Kier alpha value is -0.300. The molecule has 0 saturated heterocycles. The Kier molecular flexibility index (Phi) is 2.94. The topological polar surface area (TPSA) is 9.23 Å². The SMILES string of the molecule is CC[C@@H]1CC=C[C@@H](C(C)(C)C)O1. The molecule has 1 nitrogen and oxygen atoms in total. The van der Waals surface area contributed by atoms with Gasteiger partial charge in [0.15, 0.2) is 0 Å². The van der Waals surface area contributed by atoms with Gasteiger partial charge in [-0.2, -0.15) is 0 Å². The lowest BCUT2D eigenvalue weighted by Gasteiger charge is -2.34. The van der Waals surface area contributed by atoms with Gasteiger partial charge in [-0.05, 0) is 18.3 Å². The van der Waals surface area contributed by atoms with Crippen molar-refractivity contribution in [2.75, 3.05) is 0 Å². The Bertz CT molecular complexity index is 164. The Morgan fingerprint density at radius 2 is 2.08 bits per heavy atom. The van der Waals surface area contributed by atoms with Crippen molar-refractivity contribution in [3.05, 3.63) is 12.2 Å². The average Bonchev–Trinajstić information content (AvgIpc) is 2.03. The maximum absolute atomic E-state index is 5.91. The Morgan fingerprint density at radius 3 is 2.58 bits per heavy atom. The standard InChI is InChI=1S/C11H20O/c1-5-9-7-6-8-10(12-9)11(2,3)4/h6,8-10H,5,7H2,1-4H3/t9-,10+/m1/s1. The lowest BCUT2D eigenvalue weighted by Crippen LogP contribution is -2.33. The van der Waals surface area contributed by atoms with Crippen LogP contribution in [-0.2, 0) is 4.74 Å². The number of hydrogen-bond donors (Lipinski definition) is 0. The summed E-state index contributed by atoms with van der Waals surface area (Å²) in [6.07, 6.45) is 7.41. The summed E-state index contributed by atoms with van der Waals surface area (Å²) < 4.78 is 5.91. The van der Waals surface area contributed by atoms with Crippen LogP contribution in [0.1, 0.15) is 40.5 Å². The smallest absolute Gasteiger partial charge is 0.0807 e. The van der Waals surface area contributed by atoms with Gasteiger partial charge in [0.05, 0.1) is 12.2 Å². The predicted molar refractivity (Wildman–Crippen MR) is 52.2 cm³/mol. The zero-order valence-electron chi connectivity index (χ0n) is 8.63. The van der Waals surface area contributed by atoms with Crippen LogP contribution >= 0.6 is 0 Å². The van der Waals surface area contributed by atoms with E-state index in [-0.39, 0.29) is 5.41 Å². The molecule has 1 aliphatic rings. The highest BCUT2D eigenvalue weighted by Crippen LogP contribution is 2.28. The third-order valence-electron chi connectivity index (χ3n) is 2.36. The van der Waals surface area contributed by atoms with Crippen LogP contribution in [0.5, 0.6) is 0 Å². The summed E-state index contributed by atoms with van der Waals surface area (Å²) in [5, 5.41) is 0. The van der Waals surface area contributed by atoms with Crippen molar-refractivity contribution in [2.24, 2.45) is 5.41 Å². The van der Waals surface area contributed by atoms with Crippen molar-refractivity contribution in [1.82, 2.24) is 0 Å². The summed E-state index contributed by atoms with van der Waals surface area (Å²) in [6, 6.07) is 0. The first-order valence-electron chi connectivity index (χ1n) is 4.86. The Balaban J connectivity index is 2.58. The van der Waals surface area contributed by atoms with Crippen LogP contribution in [0.3, 0.4) is 0 Å². The highest BCUT2D eigenvalue weighted by molar-refractivity contribution is 5.00. The van der Waals surface area contributed by atoms with Crippen LogP contribution in [0.2, 0.25) is 0 Å². The van der Waals surface area contributed by atoms with E-state index in [1.165, 1.54) is 0 Å². The van der Waals surface area contributed by atoms with Crippen LogP contribution in [-0.4, -0.2) is 12.2 Å². The van der Waals surface area contributed by atoms with Gasteiger partial charge in [0.1, 0.15) is 0 Å². The molecule has 0 aromatic rings. The third kappa shape index (κ3) is 2.34. The summed E-state index contributed by atoms with van der Waals surface area (Å²) in [5.74, 6) is 0. The van der Waals surface area contributed by atoms with E-state index in [1.54, 1.807) is 0 Å². The zero-order chi connectivity index (χ0) is 9.19.